The number of thioether (sulfide) groups is 1. The Morgan fingerprint density at radius 2 is 2.18 bits per heavy atom. The summed E-state index contributed by atoms with van der Waals surface area (Å²) in [6, 6.07) is 2.06. The summed E-state index contributed by atoms with van der Waals surface area (Å²) in [6.45, 7) is 8.40. The first-order chi connectivity index (χ1) is 7.90. The van der Waals surface area contributed by atoms with Crippen LogP contribution in [0, 0.1) is 0 Å². The van der Waals surface area contributed by atoms with Gasteiger partial charge in [-0.3, -0.25) is 9.48 Å². The van der Waals surface area contributed by atoms with Crippen molar-refractivity contribution in [1.29, 1.82) is 0 Å². The number of nitrogens with zero attached hydrogens (tertiary/aromatic N) is 2. The van der Waals surface area contributed by atoms with Gasteiger partial charge in [0.25, 0.3) is 0 Å². The van der Waals surface area contributed by atoms with E-state index in [9.17, 15) is 4.79 Å². The van der Waals surface area contributed by atoms with Crippen LogP contribution in [0.3, 0.4) is 0 Å². The predicted octanol–water partition coefficient (Wildman–Crippen LogP) is 2.56. The summed E-state index contributed by atoms with van der Waals surface area (Å²) in [5.74, 6) is -0.0964. The van der Waals surface area contributed by atoms with Crippen molar-refractivity contribution in [3.05, 3.63) is 17.5 Å². The molecule has 0 aliphatic carbocycles. The van der Waals surface area contributed by atoms with E-state index in [0.29, 0.717) is 5.75 Å². The highest BCUT2D eigenvalue weighted by atomic mass is 32.2. The molecule has 1 aromatic rings. The minimum Gasteiger partial charge on any atom is -0.480 e. The van der Waals surface area contributed by atoms with Crippen LogP contribution in [0.1, 0.15) is 39.1 Å². The summed E-state index contributed by atoms with van der Waals surface area (Å²) in [4.78, 5) is 11.0. The highest BCUT2D eigenvalue weighted by molar-refractivity contribution is 8.00. The third-order valence-electron chi connectivity index (χ3n) is 2.67. The van der Waals surface area contributed by atoms with Crippen LogP contribution in [0.5, 0.6) is 0 Å². The number of aryl methyl sites for hydroxylation is 2. The highest BCUT2D eigenvalue weighted by Crippen LogP contribution is 2.28. The molecule has 4 nitrogen and oxygen atoms in total. The molecule has 0 aliphatic rings. The van der Waals surface area contributed by atoms with E-state index in [1.54, 1.807) is 13.8 Å². The Labute approximate surface area is 106 Å². The van der Waals surface area contributed by atoms with E-state index in [2.05, 4.69) is 18.1 Å². The fourth-order valence-corrected chi connectivity index (χ4v) is 2.26. The number of carbonyl (C=O) groups is 1. The summed E-state index contributed by atoms with van der Waals surface area (Å²) in [5, 5.41) is 13.5. The van der Waals surface area contributed by atoms with Crippen molar-refractivity contribution in [2.75, 3.05) is 0 Å². The molecule has 0 amide bonds. The molecule has 1 heterocycles. The molecule has 0 aliphatic heterocycles. The Hall–Kier alpha value is -0.970. The second-order valence-corrected chi connectivity index (χ2v) is 6.00. The lowest BCUT2D eigenvalue weighted by molar-refractivity contribution is -0.138. The van der Waals surface area contributed by atoms with Crippen LogP contribution in [0.4, 0.5) is 0 Å². The van der Waals surface area contributed by atoms with Gasteiger partial charge >= 0.3 is 5.97 Å². The number of hydrogen-bond acceptors (Lipinski definition) is 3. The van der Waals surface area contributed by atoms with E-state index in [0.717, 1.165) is 24.4 Å². The Kier molecular flexibility index (Phi) is 4.62. The first-order valence-corrected chi connectivity index (χ1v) is 6.82. The molecule has 0 saturated carbocycles. The summed E-state index contributed by atoms with van der Waals surface area (Å²) < 4.78 is 1.19. The van der Waals surface area contributed by atoms with Gasteiger partial charge in [0.2, 0.25) is 0 Å². The monoisotopic (exact) mass is 256 g/mol. The Bertz CT molecular complexity index is 399. The van der Waals surface area contributed by atoms with Crippen molar-refractivity contribution in [3.8, 4) is 0 Å². The average Bonchev–Trinajstić information content (AvgIpc) is 2.68. The molecule has 0 aromatic carbocycles. The van der Waals surface area contributed by atoms with Gasteiger partial charge in [0.1, 0.15) is 4.75 Å². The second-order valence-electron chi connectivity index (χ2n) is 4.40. The Morgan fingerprint density at radius 1 is 1.53 bits per heavy atom. The van der Waals surface area contributed by atoms with Crippen molar-refractivity contribution in [3.63, 3.8) is 0 Å². The number of hydrogen-bond donors (Lipinski definition) is 1. The standard InChI is InChI=1S/C12H20N2O2S/c1-5-9-7-10(14(6-2)13-9)8-17-12(3,4)11(15)16/h7H,5-6,8H2,1-4H3,(H,15,16). The molecular weight excluding hydrogens is 236 g/mol. The molecule has 1 rings (SSSR count). The van der Waals surface area contributed by atoms with Gasteiger partial charge in [-0.1, -0.05) is 6.92 Å². The topological polar surface area (TPSA) is 55.1 Å². The minimum atomic E-state index is -0.777. The lowest BCUT2D eigenvalue weighted by atomic mass is 10.2. The zero-order chi connectivity index (χ0) is 13.1. The van der Waals surface area contributed by atoms with Crippen LogP contribution >= 0.6 is 11.8 Å². The summed E-state index contributed by atoms with van der Waals surface area (Å²) in [6.07, 6.45) is 0.910. The quantitative estimate of drug-likeness (QED) is 0.850. The van der Waals surface area contributed by atoms with Gasteiger partial charge in [0.15, 0.2) is 0 Å². The maximum atomic E-state index is 11.0. The number of rotatable bonds is 6. The molecular formula is C12H20N2O2S. The van der Waals surface area contributed by atoms with Crippen molar-refractivity contribution in [2.24, 2.45) is 0 Å². The molecule has 17 heavy (non-hydrogen) atoms. The molecule has 96 valence electrons. The van der Waals surface area contributed by atoms with E-state index in [-0.39, 0.29) is 0 Å². The van der Waals surface area contributed by atoms with Gasteiger partial charge < -0.3 is 5.11 Å². The molecule has 1 aromatic heterocycles. The zero-order valence-electron chi connectivity index (χ0n) is 10.9. The fraction of sp³-hybridized carbons (Fsp3) is 0.667. The van der Waals surface area contributed by atoms with Crippen molar-refractivity contribution >= 4 is 17.7 Å². The van der Waals surface area contributed by atoms with Crippen LogP contribution in [0.15, 0.2) is 6.07 Å². The number of carboxylic acid groups (broad SMARTS) is 1. The molecule has 5 heteroatoms. The highest BCUT2D eigenvalue weighted by Gasteiger charge is 2.28. The van der Waals surface area contributed by atoms with E-state index >= 15 is 0 Å². The van der Waals surface area contributed by atoms with Crippen LogP contribution < -0.4 is 0 Å². The molecule has 0 fully saturated rings. The normalized spacial score (nSPS) is 11.8. The first-order valence-electron chi connectivity index (χ1n) is 5.83. The largest absolute Gasteiger partial charge is 0.480 e. The maximum absolute atomic E-state index is 11.0. The van der Waals surface area contributed by atoms with Crippen LogP contribution in [-0.4, -0.2) is 25.6 Å². The number of carboxylic acids is 1. The number of aliphatic carboxylic acids is 1. The second kappa shape index (κ2) is 5.58. The Balaban J connectivity index is 2.75. The molecule has 1 N–H and O–H groups in total. The Morgan fingerprint density at radius 3 is 2.65 bits per heavy atom. The summed E-state index contributed by atoms with van der Waals surface area (Å²) in [5.41, 5.74) is 2.17. The predicted molar refractivity (Wildman–Crippen MR) is 70.3 cm³/mol. The van der Waals surface area contributed by atoms with Crippen LogP contribution in [-0.2, 0) is 23.5 Å². The van der Waals surface area contributed by atoms with Gasteiger partial charge in [-0.15, -0.1) is 11.8 Å². The number of aromatic nitrogens is 2. The molecule has 0 saturated heterocycles. The third kappa shape index (κ3) is 3.49. The van der Waals surface area contributed by atoms with Crippen LogP contribution in [0.25, 0.3) is 0 Å². The first kappa shape index (κ1) is 14.1. The smallest absolute Gasteiger partial charge is 0.319 e. The minimum absolute atomic E-state index is 0.681. The summed E-state index contributed by atoms with van der Waals surface area (Å²) >= 11 is 1.43. The fourth-order valence-electron chi connectivity index (χ4n) is 1.39. The molecule has 0 radical (unpaired) electrons. The van der Waals surface area contributed by atoms with E-state index in [1.807, 2.05) is 11.6 Å². The van der Waals surface area contributed by atoms with Gasteiger partial charge in [-0.05, 0) is 33.3 Å². The summed E-state index contributed by atoms with van der Waals surface area (Å²) in [7, 11) is 0. The molecule has 0 unspecified atom stereocenters. The lowest BCUT2D eigenvalue weighted by Gasteiger charge is -2.18. The van der Waals surface area contributed by atoms with Crippen molar-refractivity contribution in [1.82, 2.24) is 9.78 Å². The lowest BCUT2D eigenvalue weighted by Crippen LogP contribution is -2.27. The molecule has 0 atom stereocenters. The maximum Gasteiger partial charge on any atom is 0.319 e. The van der Waals surface area contributed by atoms with Gasteiger partial charge in [0, 0.05) is 18.0 Å². The SMILES string of the molecule is CCc1cc(CSC(C)(C)C(=O)O)n(CC)n1. The van der Waals surface area contributed by atoms with E-state index in [1.165, 1.54) is 11.8 Å². The van der Waals surface area contributed by atoms with Gasteiger partial charge in [0.05, 0.1) is 5.69 Å². The van der Waals surface area contributed by atoms with E-state index in [4.69, 9.17) is 5.11 Å². The third-order valence-corrected chi connectivity index (χ3v) is 4.01. The molecule has 0 spiro atoms. The zero-order valence-corrected chi connectivity index (χ0v) is 11.7. The van der Waals surface area contributed by atoms with Gasteiger partial charge in [-0.25, -0.2) is 0 Å². The molecule has 0 bridgehead atoms. The average molecular weight is 256 g/mol. The van der Waals surface area contributed by atoms with Gasteiger partial charge in [-0.2, -0.15) is 5.10 Å². The van der Waals surface area contributed by atoms with Crippen molar-refractivity contribution < 1.29 is 9.90 Å². The van der Waals surface area contributed by atoms with Crippen LogP contribution in [0.2, 0.25) is 0 Å². The van der Waals surface area contributed by atoms with Crippen molar-refractivity contribution in [2.45, 2.75) is 51.2 Å². The van der Waals surface area contributed by atoms with E-state index < -0.39 is 10.7 Å².